The molecule has 10 nitrogen and oxygen atoms in total. The van der Waals surface area contributed by atoms with Gasteiger partial charge >= 0.3 is 12.4 Å². The van der Waals surface area contributed by atoms with Gasteiger partial charge in [0.2, 0.25) is 6.49 Å². The molecule has 2 atom stereocenters. The number of hydrogen-bond donors (Lipinski definition) is 2. The summed E-state index contributed by atoms with van der Waals surface area (Å²) in [5, 5.41) is 6.32. The number of alkyl halides is 6. The third kappa shape index (κ3) is 15.8. The zero-order valence-corrected chi connectivity index (χ0v) is 43.0. The predicted octanol–water partition coefficient (Wildman–Crippen LogP) is 13.4. The normalized spacial score (nSPS) is 19.2. The largest absolute Gasteiger partial charge is 0.498 e. The molecule has 2 amide bonds. The third-order valence-corrected chi connectivity index (χ3v) is 14.5. The Bertz CT molecular complexity index is 2200. The Balaban J connectivity index is 0.000000389. The number of hydrogen-bond acceptors (Lipinski definition) is 10. The Kier molecular flexibility index (Phi) is 22.5. The summed E-state index contributed by atoms with van der Waals surface area (Å²) < 4.78 is 105. The minimum atomic E-state index is -4.53. The van der Waals surface area contributed by atoms with Crippen LogP contribution < -0.4 is 20.1 Å². The average Bonchev–Trinajstić information content (AvgIpc) is 3.64. The van der Waals surface area contributed by atoms with Gasteiger partial charge in [-0.15, -0.1) is 0 Å². The molecule has 0 bridgehead atoms. The van der Waals surface area contributed by atoms with Gasteiger partial charge in [0.05, 0.1) is 43.6 Å². The van der Waals surface area contributed by atoms with Crippen LogP contribution in [0.2, 0.25) is 0 Å². The summed E-state index contributed by atoms with van der Waals surface area (Å²) in [6, 6.07) is 7.94. The van der Waals surface area contributed by atoms with Crippen LogP contribution in [0, 0.1) is 13.8 Å². The molecule has 68 heavy (non-hydrogen) atoms. The van der Waals surface area contributed by atoms with E-state index in [-0.39, 0.29) is 37.8 Å². The maximum Gasteiger partial charge on any atom is 0.412 e. The lowest BCUT2D eigenvalue weighted by atomic mass is 9.80. The maximum absolute atomic E-state index is 13.3. The molecule has 2 aliphatic heterocycles. The van der Waals surface area contributed by atoms with Crippen LogP contribution in [0.1, 0.15) is 126 Å². The Morgan fingerprint density at radius 2 is 1.00 bits per heavy atom. The summed E-state index contributed by atoms with van der Waals surface area (Å²) in [6.07, 6.45) is 1.95. The molecule has 6 rings (SSSR count). The molecule has 2 heterocycles. The highest BCUT2D eigenvalue weighted by molar-refractivity contribution is 8.24. The van der Waals surface area contributed by atoms with Crippen molar-refractivity contribution < 1.29 is 63.7 Å². The number of nitrogens with one attached hydrogen (secondary N) is 2. The Morgan fingerprint density at radius 3 is 1.32 bits per heavy atom. The minimum absolute atomic E-state index is 0. The van der Waals surface area contributed by atoms with E-state index < -0.39 is 43.2 Å². The van der Waals surface area contributed by atoms with Crippen LogP contribution in [0.3, 0.4) is 0 Å². The molecular formula is C47H69ClF6N2O8P2S2. The molecule has 2 aromatic rings. The Morgan fingerprint density at radius 1 is 0.632 bits per heavy atom. The van der Waals surface area contributed by atoms with Crippen molar-refractivity contribution in [2.75, 3.05) is 47.9 Å². The van der Waals surface area contributed by atoms with Crippen molar-refractivity contribution in [1.29, 1.82) is 0 Å². The number of carbonyl (C=O) groups excluding carboxylic acids is 2. The van der Waals surface area contributed by atoms with Gasteiger partial charge in [0.25, 0.3) is 11.8 Å². The van der Waals surface area contributed by atoms with Gasteiger partial charge in [-0.05, 0) is 98.6 Å². The van der Waals surface area contributed by atoms with Crippen LogP contribution in [-0.2, 0) is 64.4 Å². The standard InChI is InChI=1S/C22H29F3NO4PS.C20H27NO3.C3H5ClF3OPS.2CH4/c1-5-15-11-14(2)12-16(28-3)17(15)18-19(30-31(4,32)29-13-22(23,24)25)21(26-20(18)27)9-7-6-8-10-21;1-5-14-11-13(2)12-15(23-3)16(14)17-18(24-4)20(21-19(17)22)9-7-6-8-10-20;1-9(4,10)8-2-3(5,6)7;;/h11-12H,5-10,13H2,1-4H3,(H,26,27);11-12H,5-10H2,1-4H3,(H,21,22);2H2,1H3;2*1H4. The number of ether oxygens (including phenoxy) is 3. The third-order valence-electron chi connectivity index (χ3n) is 11.6. The highest BCUT2D eigenvalue weighted by Crippen LogP contribution is 2.56. The lowest BCUT2D eigenvalue weighted by Gasteiger charge is -2.37. The second kappa shape index (κ2) is 25.0. The van der Waals surface area contributed by atoms with Gasteiger partial charge in [-0.3, -0.25) is 9.59 Å². The van der Waals surface area contributed by atoms with E-state index in [0.717, 1.165) is 90.7 Å². The van der Waals surface area contributed by atoms with E-state index in [1.165, 1.54) is 26.9 Å². The van der Waals surface area contributed by atoms with E-state index in [4.69, 9.17) is 46.3 Å². The zero-order chi connectivity index (χ0) is 49.5. The molecule has 2 spiro atoms. The number of halogens is 7. The topological polar surface area (TPSA) is 114 Å². The summed E-state index contributed by atoms with van der Waals surface area (Å²) >= 11 is 15.0. The smallest absolute Gasteiger partial charge is 0.412 e. The fraction of sp³-hybridized carbons (Fsp3) is 0.617. The van der Waals surface area contributed by atoms with Gasteiger partial charge in [0, 0.05) is 24.5 Å². The van der Waals surface area contributed by atoms with Gasteiger partial charge in [0.15, 0.2) is 6.61 Å². The molecule has 2 aliphatic carbocycles. The van der Waals surface area contributed by atoms with Gasteiger partial charge in [-0.1, -0.05) is 102 Å². The van der Waals surface area contributed by atoms with Gasteiger partial charge in [-0.25, -0.2) is 0 Å². The van der Waals surface area contributed by atoms with Crippen molar-refractivity contribution in [3.63, 3.8) is 0 Å². The number of benzene rings is 2. The Hall–Kier alpha value is -2.85. The van der Waals surface area contributed by atoms with Crippen molar-refractivity contribution in [2.24, 2.45) is 0 Å². The van der Waals surface area contributed by atoms with E-state index in [1.54, 1.807) is 14.2 Å². The quantitative estimate of drug-likeness (QED) is 0.148. The Labute approximate surface area is 414 Å². The van der Waals surface area contributed by atoms with Crippen molar-refractivity contribution in [3.8, 4) is 11.5 Å². The van der Waals surface area contributed by atoms with Crippen LogP contribution in [-0.4, -0.2) is 83.1 Å². The first-order valence-corrected chi connectivity index (χ1v) is 28.8. The van der Waals surface area contributed by atoms with Crippen molar-refractivity contribution in [1.82, 2.24) is 10.6 Å². The van der Waals surface area contributed by atoms with E-state index in [0.29, 0.717) is 41.9 Å². The summed E-state index contributed by atoms with van der Waals surface area (Å²) in [4.78, 5) is 26.3. The van der Waals surface area contributed by atoms with Crippen LogP contribution in [0.25, 0.3) is 11.1 Å². The average molecular weight is 1070 g/mol. The molecule has 2 saturated carbocycles. The van der Waals surface area contributed by atoms with Crippen LogP contribution in [0.15, 0.2) is 35.8 Å². The summed E-state index contributed by atoms with van der Waals surface area (Å²) in [5.74, 6) is 1.99. The summed E-state index contributed by atoms with van der Waals surface area (Å²) in [5.41, 5.74) is 2.76. The molecule has 0 aromatic heterocycles. The first kappa shape index (κ1) is 61.3. The fourth-order valence-corrected chi connectivity index (χ4v) is 11.0. The zero-order valence-electron chi connectivity index (χ0n) is 38.8. The SMILES string of the molecule is C.C.CCc1cc(C)cc(OC)c1C1=C(OC)C2(CCCCC2)NC1=O.CCc1cc(C)cc(OC)c1C1=C(OP(C)(=S)OCC(F)(F)F)C2(CCCCC2)NC1=O.CP(=S)(Cl)OCC(F)(F)F. The van der Waals surface area contributed by atoms with Crippen molar-refractivity contribution in [2.45, 2.75) is 143 Å². The molecule has 0 saturated heterocycles. The van der Waals surface area contributed by atoms with Crippen LogP contribution >= 0.6 is 23.3 Å². The fourth-order valence-electron chi connectivity index (χ4n) is 8.93. The lowest BCUT2D eigenvalue weighted by Crippen LogP contribution is -2.46. The van der Waals surface area contributed by atoms with Crippen LogP contribution in [0.5, 0.6) is 11.5 Å². The molecule has 2 N–H and O–H groups in total. The van der Waals surface area contributed by atoms with E-state index >= 15 is 0 Å². The molecular weight excluding hydrogens is 996 g/mol. The second-order valence-electron chi connectivity index (χ2n) is 16.9. The summed E-state index contributed by atoms with van der Waals surface area (Å²) in [6.45, 7) is 4.50. The van der Waals surface area contributed by atoms with Crippen molar-refractivity contribution >= 4 is 69.9 Å². The second-order valence-corrected chi connectivity index (χ2v) is 27.3. The van der Waals surface area contributed by atoms with Crippen LogP contribution in [0.4, 0.5) is 26.3 Å². The van der Waals surface area contributed by atoms with Gasteiger partial charge < -0.3 is 38.4 Å². The molecule has 386 valence electrons. The number of methoxy groups -OCH3 is 3. The van der Waals surface area contributed by atoms with E-state index in [9.17, 15) is 35.9 Å². The number of aryl methyl sites for hydroxylation is 4. The first-order chi connectivity index (χ1) is 30.7. The van der Waals surface area contributed by atoms with Gasteiger partial charge in [-0.2, -0.15) is 26.3 Å². The molecule has 0 radical (unpaired) electrons. The first-order valence-electron chi connectivity index (χ1n) is 21.7. The maximum atomic E-state index is 13.3. The highest BCUT2D eigenvalue weighted by Gasteiger charge is 2.51. The molecule has 21 heteroatoms. The molecule has 4 aliphatic rings. The highest BCUT2D eigenvalue weighted by atomic mass is 35.7. The van der Waals surface area contributed by atoms with Gasteiger partial charge in [0.1, 0.15) is 35.2 Å². The van der Waals surface area contributed by atoms with Crippen molar-refractivity contribution in [3.05, 3.63) is 69.2 Å². The predicted molar refractivity (Wildman–Crippen MR) is 268 cm³/mol. The van der Waals surface area contributed by atoms with E-state index in [2.05, 4.69) is 46.9 Å². The minimum Gasteiger partial charge on any atom is -0.498 e. The molecule has 2 fully saturated rings. The summed E-state index contributed by atoms with van der Waals surface area (Å²) in [7, 11) is 4.87. The number of amides is 2. The lowest BCUT2D eigenvalue weighted by molar-refractivity contribution is -0.153. The van der Waals surface area contributed by atoms with E-state index in [1.807, 2.05) is 32.0 Å². The molecule has 2 unspecified atom stereocenters. The monoisotopic (exact) mass is 1060 g/mol. The molecule has 2 aromatic carbocycles. The number of rotatable bonds is 13. The number of carbonyl (C=O) groups is 2.